The maximum Gasteiger partial charge on any atom is 0.257 e. The summed E-state index contributed by atoms with van der Waals surface area (Å²) in [5.41, 5.74) is 3.97. The number of aromatic amines is 1. The fourth-order valence-electron chi connectivity index (χ4n) is 3.84. The molecule has 1 aromatic carbocycles. The molecule has 2 aliphatic rings. The quantitative estimate of drug-likeness (QED) is 0.627. The Balaban J connectivity index is 1.92. The summed E-state index contributed by atoms with van der Waals surface area (Å²) >= 11 is 1.39. The van der Waals surface area contributed by atoms with Crippen LogP contribution in [0.3, 0.4) is 0 Å². The molecule has 0 radical (unpaired) electrons. The molecule has 0 fully saturated rings. The van der Waals surface area contributed by atoms with Crippen molar-refractivity contribution >= 4 is 29.1 Å². The third kappa shape index (κ3) is 3.06. The largest absolute Gasteiger partial charge is 0.378 e. The van der Waals surface area contributed by atoms with Crippen LogP contribution in [0.1, 0.15) is 36.3 Å². The van der Waals surface area contributed by atoms with Gasteiger partial charge in [-0.3, -0.25) is 9.59 Å². The highest BCUT2D eigenvalue weighted by Gasteiger charge is 2.37. The molecule has 0 amide bonds. The van der Waals surface area contributed by atoms with Crippen LogP contribution in [0.2, 0.25) is 0 Å². The number of carbonyl (C=O) groups is 1. The lowest BCUT2D eigenvalue weighted by Gasteiger charge is -2.33. The summed E-state index contributed by atoms with van der Waals surface area (Å²) in [7, 11) is 3.97. The molecule has 1 atom stereocenters. The van der Waals surface area contributed by atoms with Gasteiger partial charge in [0.2, 0.25) is 0 Å². The number of carbonyl (C=O) groups excluding carboxylic acids is 1. The van der Waals surface area contributed by atoms with Crippen molar-refractivity contribution in [3.63, 3.8) is 0 Å². The highest BCUT2D eigenvalue weighted by Crippen LogP contribution is 2.43. The molecule has 0 bridgehead atoms. The second kappa shape index (κ2) is 6.88. The minimum Gasteiger partial charge on any atom is -0.378 e. The SMILES string of the molecule is CSc1nc2c(c(=O)[nH]1)[C@@H](c1ccc(N(C)C)cc1)C1=C(CCCC1=O)N2. The number of hydrogen-bond donors (Lipinski definition) is 2. The number of aromatic nitrogens is 2. The lowest BCUT2D eigenvalue weighted by molar-refractivity contribution is -0.116. The maximum absolute atomic E-state index is 12.9. The number of benzene rings is 1. The second-order valence-corrected chi connectivity index (χ2v) is 7.85. The second-order valence-electron chi connectivity index (χ2n) is 7.05. The van der Waals surface area contributed by atoms with Gasteiger partial charge in [-0.1, -0.05) is 23.9 Å². The fourth-order valence-corrected chi connectivity index (χ4v) is 4.21. The van der Waals surface area contributed by atoms with E-state index in [1.165, 1.54) is 11.8 Å². The number of rotatable bonds is 3. The molecule has 0 saturated carbocycles. The molecule has 0 unspecified atom stereocenters. The van der Waals surface area contributed by atoms with E-state index in [-0.39, 0.29) is 17.3 Å². The summed E-state index contributed by atoms with van der Waals surface area (Å²) in [5, 5.41) is 3.85. The number of anilines is 2. The summed E-state index contributed by atoms with van der Waals surface area (Å²) in [6.07, 6.45) is 4.02. The van der Waals surface area contributed by atoms with Crippen molar-refractivity contribution in [1.29, 1.82) is 0 Å². The maximum atomic E-state index is 12.9. The van der Waals surface area contributed by atoms with E-state index in [0.29, 0.717) is 23.0 Å². The molecular formula is C20H22N4O2S. The van der Waals surface area contributed by atoms with Gasteiger partial charge in [-0.15, -0.1) is 0 Å². The average Bonchev–Trinajstić information content (AvgIpc) is 2.66. The number of thioether (sulfide) groups is 1. The third-order valence-corrected chi connectivity index (χ3v) is 5.75. The van der Waals surface area contributed by atoms with Crippen LogP contribution in [0.4, 0.5) is 11.5 Å². The predicted octanol–water partition coefficient (Wildman–Crippen LogP) is 3.12. The van der Waals surface area contributed by atoms with E-state index in [0.717, 1.165) is 35.4 Å². The molecule has 2 N–H and O–H groups in total. The number of allylic oxidation sites excluding steroid dienone is 2. The molecule has 2 heterocycles. The van der Waals surface area contributed by atoms with Gasteiger partial charge in [-0.2, -0.15) is 0 Å². The Hall–Kier alpha value is -2.54. The average molecular weight is 382 g/mol. The van der Waals surface area contributed by atoms with Crippen LogP contribution in [0.5, 0.6) is 0 Å². The van der Waals surface area contributed by atoms with Gasteiger partial charge in [0, 0.05) is 43.4 Å². The van der Waals surface area contributed by atoms with Crippen LogP contribution in [-0.2, 0) is 4.79 Å². The first-order valence-electron chi connectivity index (χ1n) is 8.98. The number of H-pyrrole nitrogens is 1. The molecule has 6 nitrogen and oxygen atoms in total. The minimum absolute atomic E-state index is 0.115. The van der Waals surface area contributed by atoms with E-state index in [4.69, 9.17) is 0 Å². The third-order valence-electron chi connectivity index (χ3n) is 5.17. The molecule has 4 rings (SSSR count). The minimum atomic E-state index is -0.382. The first kappa shape index (κ1) is 17.9. The molecular weight excluding hydrogens is 360 g/mol. The van der Waals surface area contributed by atoms with Crippen LogP contribution in [0, 0.1) is 0 Å². The van der Waals surface area contributed by atoms with Crippen molar-refractivity contribution in [2.75, 3.05) is 30.6 Å². The number of Topliss-reactive ketones (excluding diaryl/α,β-unsaturated/α-hetero) is 1. The van der Waals surface area contributed by atoms with Gasteiger partial charge in [-0.25, -0.2) is 4.98 Å². The molecule has 2 aromatic rings. The standard InChI is InChI=1S/C20H22N4O2S/c1-24(2)12-9-7-11(8-10-12)15-16-13(5-4-6-14(16)25)21-18-17(15)19(26)23-20(22-18)27-3/h7-10,15H,4-6H2,1-3H3,(H2,21,22,23,26)/t15-/m0/s1. The number of nitrogens with one attached hydrogen (secondary N) is 2. The van der Waals surface area contributed by atoms with Gasteiger partial charge in [0.25, 0.3) is 5.56 Å². The van der Waals surface area contributed by atoms with Gasteiger partial charge in [-0.05, 0) is 36.8 Å². The highest BCUT2D eigenvalue weighted by atomic mass is 32.2. The van der Waals surface area contributed by atoms with E-state index in [1.54, 1.807) is 0 Å². The van der Waals surface area contributed by atoms with Crippen molar-refractivity contribution in [3.8, 4) is 0 Å². The Morgan fingerprint density at radius 2 is 1.89 bits per heavy atom. The molecule has 1 aliphatic carbocycles. The van der Waals surface area contributed by atoms with Gasteiger partial charge in [0.1, 0.15) is 5.82 Å². The summed E-state index contributed by atoms with van der Waals surface area (Å²) in [6, 6.07) is 8.04. The summed E-state index contributed by atoms with van der Waals surface area (Å²) < 4.78 is 0. The fraction of sp³-hybridized carbons (Fsp3) is 0.350. The van der Waals surface area contributed by atoms with Crippen LogP contribution < -0.4 is 15.8 Å². The molecule has 1 aliphatic heterocycles. The van der Waals surface area contributed by atoms with Gasteiger partial charge in [0.15, 0.2) is 10.9 Å². The summed E-state index contributed by atoms with van der Waals surface area (Å²) in [5.74, 6) is 0.301. The smallest absolute Gasteiger partial charge is 0.257 e. The Morgan fingerprint density at radius 3 is 2.56 bits per heavy atom. The molecule has 140 valence electrons. The lowest BCUT2D eigenvalue weighted by atomic mass is 9.76. The number of ketones is 1. The normalized spacial score (nSPS) is 18.6. The monoisotopic (exact) mass is 382 g/mol. The lowest BCUT2D eigenvalue weighted by Crippen LogP contribution is -2.32. The first-order valence-corrected chi connectivity index (χ1v) is 10.2. The molecule has 1 aromatic heterocycles. The van der Waals surface area contributed by atoms with Crippen molar-refractivity contribution in [2.45, 2.75) is 30.3 Å². The molecule has 0 saturated heterocycles. The zero-order chi connectivity index (χ0) is 19.1. The van der Waals surface area contributed by atoms with Crippen LogP contribution in [-0.4, -0.2) is 36.1 Å². The van der Waals surface area contributed by atoms with Gasteiger partial charge >= 0.3 is 0 Å². The van der Waals surface area contributed by atoms with Crippen LogP contribution >= 0.6 is 11.8 Å². The predicted molar refractivity (Wildman–Crippen MR) is 109 cm³/mol. The van der Waals surface area contributed by atoms with Crippen molar-refractivity contribution in [2.24, 2.45) is 0 Å². The van der Waals surface area contributed by atoms with E-state index in [2.05, 4.69) is 15.3 Å². The Kier molecular flexibility index (Phi) is 4.55. The van der Waals surface area contributed by atoms with Crippen LogP contribution in [0.15, 0.2) is 45.5 Å². The number of fused-ring (bicyclic) bond motifs is 1. The molecule has 7 heteroatoms. The van der Waals surface area contributed by atoms with Gasteiger partial charge < -0.3 is 15.2 Å². The summed E-state index contributed by atoms with van der Waals surface area (Å²) in [4.78, 5) is 35.1. The Bertz CT molecular complexity index is 992. The number of hydrogen-bond acceptors (Lipinski definition) is 6. The van der Waals surface area contributed by atoms with E-state index >= 15 is 0 Å². The first-order chi connectivity index (χ1) is 13.0. The van der Waals surface area contributed by atoms with Crippen molar-refractivity contribution in [3.05, 3.63) is 57.0 Å². The van der Waals surface area contributed by atoms with Gasteiger partial charge in [0.05, 0.1) is 5.56 Å². The Labute approximate surface area is 162 Å². The van der Waals surface area contributed by atoms with E-state index in [9.17, 15) is 9.59 Å². The number of nitrogens with zero attached hydrogens (tertiary/aromatic N) is 2. The molecule has 0 spiro atoms. The zero-order valence-electron chi connectivity index (χ0n) is 15.6. The zero-order valence-corrected chi connectivity index (χ0v) is 16.4. The Morgan fingerprint density at radius 1 is 1.15 bits per heavy atom. The van der Waals surface area contributed by atoms with E-state index in [1.807, 2.05) is 49.5 Å². The highest BCUT2D eigenvalue weighted by molar-refractivity contribution is 7.98. The topological polar surface area (TPSA) is 78.1 Å². The molecule has 27 heavy (non-hydrogen) atoms. The van der Waals surface area contributed by atoms with Crippen molar-refractivity contribution in [1.82, 2.24) is 9.97 Å². The van der Waals surface area contributed by atoms with Crippen molar-refractivity contribution < 1.29 is 4.79 Å². The van der Waals surface area contributed by atoms with E-state index < -0.39 is 0 Å². The van der Waals surface area contributed by atoms with Crippen LogP contribution in [0.25, 0.3) is 0 Å². The summed E-state index contributed by atoms with van der Waals surface area (Å²) in [6.45, 7) is 0.